The number of para-hydroxylation sites is 1. The van der Waals surface area contributed by atoms with Crippen molar-refractivity contribution in [2.75, 3.05) is 17.1 Å². The number of allylic oxidation sites excluding steroid dienone is 1. The van der Waals surface area contributed by atoms with Crippen LogP contribution in [-0.4, -0.2) is 17.7 Å². The van der Waals surface area contributed by atoms with E-state index >= 15 is 0 Å². The summed E-state index contributed by atoms with van der Waals surface area (Å²) in [5.41, 5.74) is 5.73. The number of hydrogen-bond donors (Lipinski definition) is 1. The molecule has 0 bridgehead atoms. The number of fused-ring (bicyclic) bond motifs is 3. The van der Waals surface area contributed by atoms with Gasteiger partial charge in [-0.3, -0.25) is 0 Å². The van der Waals surface area contributed by atoms with Crippen molar-refractivity contribution in [2.45, 2.75) is 6.18 Å². The van der Waals surface area contributed by atoms with Crippen molar-refractivity contribution in [1.82, 2.24) is 5.53 Å². The molecule has 6 nitrogen and oxygen atoms in total. The zero-order chi connectivity index (χ0) is 18.5. The Balaban J connectivity index is 0.00000210. The second-order valence-corrected chi connectivity index (χ2v) is 5.70. The van der Waals surface area contributed by atoms with Crippen LogP contribution in [0.4, 0.5) is 24.5 Å². The van der Waals surface area contributed by atoms with E-state index in [2.05, 4.69) is 5.53 Å². The van der Waals surface area contributed by atoms with E-state index in [1.54, 1.807) is 6.08 Å². The Bertz CT molecular complexity index is 923. The number of ether oxygens (including phenoxy) is 1. The van der Waals surface area contributed by atoms with Crippen molar-refractivity contribution in [3.63, 3.8) is 0 Å². The van der Waals surface area contributed by atoms with Gasteiger partial charge in [0.25, 0.3) is 0 Å². The molecule has 2 aromatic carbocycles. The van der Waals surface area contributed by atoms with Crippen LogP contribution in [0, 0.1) is 0 Å². The lowest BCUT2D eigenvalue weighted by molar-refractivity contribution is -0.137. The second kappa shape index (κ2) is 6.53. The lowest BCUT2D eigenvalue weighted by atomic mass is 10.1. The standard InChI is InChI=1S/C18H13F3N3O2.H2O/c1-26-16-10-15-17(25)23(12-8-6-11(7-9-12)18(19,20)21)22-24(15)14-5-3-2-4-13(14)16;/h2-10,25H,1H3;1H2. The lowest BCUT2D eigenvalue weighted by Gasteiger charge is -2.26. The summed E-state index contributed by atoms with van der Waals surface area (Å²) >= 11 is 0. The second-order valence-electron chi connectivity index (χ2n) is 5.70. The Morgan fingerprint density at radius 2 is 1.67 bits per heavy atom. The van der Waals surface area contributed by atoms with Crippen LogP contribution in [0.25, 0.3) is 5.76 Å². The number of aliphatic hydroxyl groups excluding tert-OH is 1. The maximum atomic E-state index is 12.7. The summed E-state index contributed by atoms with van der Waals surface area (Å²) in [6.45, 7) is 0. The lowest BCUT2D eigenvalue weighted by Crippen LogP contribution is -2.36. The summed E-state index contributed by atoms with van der Waals surface area (Å²) in [5.74, 6) is 0.358. The van der Waals surface area contributed by atoms with Crippen molar-refractivity contribution in [1.29, 1.82) is 0 Å². The fourth-order valence-corrected chi connectivity index (χ4v) is 2.89. The molecule has 0 aliphatic carbocycles. The van der Waals surface area contributed by atoms with Gasteiger partial charge in [0, 0.05) is 11.6 Å². The van der Waals surface area contributed by atoms with Crippen LogP contribution in [0.3, 0.4) is 0 Å². The number of rotatable bonds is 2. The van der Waals surface area contributed by atoms with E-state index in [9.17, 15) is 18.3 Å². The van der Waals surface area contributed by atoms with Crippen molar-refractivity contribution < 1.29 is 28.5 Å². The first-order chi connectivity index (χ1) is 12.4. The molecule has 0 amide bonds. The monoisotopic (exact) mass is 378 g/mol. The zero-order valence-corrected chi connectivity index (χ0v) is 14.0. The van der Waals surface area contributed by atoms with Crippen LogP contribution < -0.4 is 15.6 Å². The minimum Gasteiger partial charge on any atom is -0.496 e. The smallest absolute Gasteiger partial charge is 0.416 e. The summed E-state index contributed by atoms with van der Waals surface area (Å²) in [4.78, 5) is 0. The summed E-state index contributed by atoms with van der Waals surface area (Å²) in [7, 11) is 1.52. The number of alkyl halides is 3. The topological polar surface area (TPSA) is 81.5 Å². The predicted molar refractivity (Wildman–Crippen MR) is 93.2 cm³/mol. The maximum Gasteiger partial charge on any atom is 0.416 e. The molecule has 0 aromatic heterocycles. The van der Waals surface area contributed by atoms with Crippen LogP contribution in [0.2, 0.25) is 0 Å². The highest BCUT2D eigenvalue weighted by molar-refractivity contribution is 5.82. The van der Waals surface area contributed by atoms with Gasteiger partial charge in [0.05, 0.1) is 24.0 Å². The molecule has 4 rings (SSSR count). The Morgan fingerprint density at radius 3 is 2.30 bits per heavy atom. The van der Waals surface area contributed by atoms with Crippen LogP contribution in [-0.2, 0) is 10.9 Å². The fourth-order valence-electron chi connectivity index (χ4n) is 2.89. The number of methoxy groups -OCH3 is 1. The number of halogens is 3. The number of aliphatic hydroxyl groups is 1. The van der Waals surface area contributed by atoms with Gasteiger partial charge in [-0.2, -0.15) is 13.2 Å². The summed E-state index contributed by atoms with van der Waals surface area (Å²) in [6, 6.07) is 11.8. The van der Waals surface area contributed by atoms with E-state index in [-0.39, 0.29) is 11.4 Å². The molecule has 2 aliphatic rings. The van der Waals surface area contributed by atoms with E-state index in [4.69, 9.17) is 4.74 Å². The number of benzene rings is 2. The van der Waals surface area contributed by atoms with E-state index in [1.807, 2.05) is 24.3 Å². The van der Waals surface area contributed by atoms with Gasteiger partial charge in [0.2, 0.25) is 5.88 Å². The normalized spacial score (nSPS) is 15.8. The van der Waals surface area contributed by atoms with Crippen molar-refractivity contribution in [3.8, 4) is 0 Å². The molecule has 9 heteroatoms. The van der Waals surface area contributed by atoms with Gasteiger partial charge < -0.3 is 15.3 Å². The van der Waals surface area contributed by atoms with Crippen LogP contribution in [0.5, 0.6) is 0 Å². The number of hydrogen-bond acceptors (Lipinski definition) is 4. The van der Waals surface area contributed by atoms with Gasteiger partial charge in [-0.05, 0) is 41.9 Å². The quantitative estimate of drug-likeness (QED) is 0.869. The van der Waals surface area contributed by atoms with Gasteiger partial charge in [0.15, 0.2) is 0 Å². The van der Waals surface area contributed by atoms with Gasteiger partial charge >= 0.3 is 6.18 Å². The maximum absolute atomic E-state index is 12.7. The molecule has 0 saturated heterocycles. The van der Waals surface area contributed by atoms with Crippen molar-refractivity contribution in [3.05, 3.63) is 77.3 Å². The number of nitrogens with zero attached hydrogens (tertiary/aromatic N) is 3. The highest BCUT2D eigenvalue weighted by atomic mass is 19.4. The molecular weight excluding hydrogens is 363 g/mol. The summed E-state index contributed by atoms with van der Waals surface area (Å²) in [6.07, 6.45) is -2.79. The highest BCUT2D eigenvalue weighted by Gasteiger charge is 2.37. The summed E-state index contributed by atoms with van der Waals surface area (Å²) < 4.78 is 43.6. The van der Waals surface area contributed by atoms with Gasteiger partial charge in [-0.15, -0.1) is 0 Å². The molecular formula is C18H15F3N3O3. The molecule has 0 atom stereocenters. The molecule has 0 unspecified atom stereocenters. The Hall–Kier alpha value is -3.17. The van der Waals surface area contributed by atoms with E-state index in [1.165, 1.54) is 29.3 Å². The molecule has 27 heavy (non-hydrogen) atoms. The molecule has 1 radical (unpaired) electrons. The fraction of sp³-hybridized carbons (Fsp3) is 0.111. The molecule has 2 heterocycles. The molecule has 141 valence electrons. The minimum atomic E-state index is -4.42. The van der Waals surface area contributed by atoms with E-state index in [0.29, 0.717) is 22.8 Å². The van der Waals surface area contributed by atoms with Crippen LogP contribution in [0.15, 0.2) is 66.2 Å². The third-order valence-corrected chi connectivity index (χ3v) is 4.16. The third-order valence-electron chi connectivity index (χ3n) is 4.16. The average molecular weight is 378 g/mol. The van der Waals surface area contributed by atoms with E-state index < -0.39 is 11.7 Å². The van der Waals surface area contributed by atoms with Gasteiger partial charge in [-0.1, -0.05) is 12.1 Å². The molecule has 0 fully saturated rings. The molecule has 2 aromatic rings. The number of anilines is 2. The van der Waals surface area contributed by atoms with Crippen LogP contribution >= 0.6 is 0 Å². The first kappa shape index (κ1) is 18.6. The summed E-state index contributed by atoms with van der Waals surface area (Å²) in [5, 5.41) is 13.3. The van der Waals surface area contributed by atoms with E-state index in [0.717, 1.165) is 17.7 Å². The first-order valence-electron chi connectivity index (χ1n) is 7.67. The largest absolute Gasteiger partial charge is 0.496 e. The molecule has 2 aliphatic heterocycles. The van der Waals surface area contributed by atoms with Gasteiger partial charge in [0.1, 0.15) is 11.5 Å². The van der Waals surface area contributed by atoms with Crippen molar-refractivity contribution >= 4 is 17.1 Å². The molecule has 0 saturated carbocycles. The third kappa shape index (κ3) is 2.96. The highest BCUT2D eigenvalue weighted by Crippen LogP contribution is 2.40. The van der Waals surface area contributed by atoms with Gasteiger partial charge in [-0.25, -0.2) is 10.0 Å². The predicted octanol–water partition coefficient (Wildman–Crippen LogP) is 3.37. The van der Waals surface area contributed by atoms with Crippen molar-refractivity contribution in [2.24, 2.45) is 0 Å². The molecule has 3 N–H and O–H groups in total. The Labute approximate surface area is 152 Å². The SMILES string of the molecule is COC1=CC2=C(O)N(c3ccc(C(F)(F)F)cc3)[N]N2c2ccccc21.O. The minimum absolute atomic E-state index is 0. The average Bonchev–Trinajstić information content (AvgIpc) is 2.97. The Kier molecular flexibility index (Phi) is 4.50. The Morgan fingerprint density at radius 1 is 1.00 bits per heavy atom. The van der Waals surface area contributed by atoms with Crippen LogP contribution in [0.1, 0.15) is 11.1 Å². The molecule has 0 spiro atoms. The first-order valence-corrected chi connectivity index (χ1v) is 7.67. The zero-order valence-electron chi connectivity index (χ0n) is 14.0.